The molecule has 0 bridgehead atoms. The summed E-state index contributed by atoms with van der Waals surface area (Å²) < 4.78 is 45.7. The zero-order valence-corrected chi connectivity index (χ0v) is 20.8. The standard InChI is InChI=1S/C28H25ClF3NO4/c1-27(15-18-4-3-7-23(29)13-18)16-21-14-20(8-9-24(21)37-27)26(36)33(11-10-25(34)35)17-19-5-2-6-22(12-19)28(30,31)32/h2-9,12-14H,10-11,15-17H2,1H3,(H,34,35)/t27-/m0/s1. The lowest BCUT2D eigenvalue weighted by Gasteiger charge is -2.24. The number of fused-ring (bicyclic) bond motifs is 1. The molecule has 5 nitrogen and oxygen atoms in total. The number of carboxylic acid groups (broad SMARTS) is 1. The summed E-state index contributed by atoms with van der Waals surface area (Å²) in [5.41, 5.74) is 1.03. The number of carbonyl (C=O) groups is 2. The summed E-state index contributed by atoms with van der Waals surface area (Å²) in [6.07, 6.45) is -3.72. The molecule has 0 aromatic heterocycles. The molecule has 0 spiro atoms. The van der Waals surface area contributed by atoms with Gasteiger partial charge in [0.05, 0.1) is 12.0 Å². The van der Waals surface area contributed by atoms with E-state index < -0.39 is 29.2 Å². The Morgan fingerprint density at radius 3 is 2.49 bits per heavy atom. The van der Waals surface area contributed by atoms with Crippen LogP contribution in [-0.2, 0) is 30.4 Å². The molecule has 4 rings (SSSR count). The second-order valence-corrected chi connectivity index (χ2v) is 9.86. The average Bonchev–Trinajstić information content (AvgIpc) is 3.15. The van der Waals surface area contributed by atoms with Crippen LogP contribution in [0.4, 0.5) is 13.2 Å². The van der Waals surface area contributed by atoms with Crippen molar-refractivity contribution in [1.82, 2.24) is 4.90 Å². The van der Waals surface area contributed by atoms with Crippen molar-refractivity contribution in [2.45, 2.75) is 44.5 Å². The smallest absolute Gasteiger partial charge is 0.416 e. The van der Waals surface area contributed by atoms with Crippen LogP contribution in [0.1, 0.15) is 46.0 Å². The topological polar surface area (TPSA) is 66.8 Å². The largest absolute Gasteiger partial charge is 0.487 e. The van der Waals surface area contributed by atoms with Crippen LogP contribution in [0, 0.1) is 0 Å². The van der Waals surface area contributed by atoms with Crippen LogP contribution >= 0.6 is 11.6 Å². The van der Waals surface area contributed by atoms with Gasteiger partial charge in [0.15, 0.2) is 0 Å². The molecule has 37 heavy (non-hydrogen) atoms. The minimum atomic E-state index is -4.52. The molecule has 0 unspecified atom stereocenters. The van der Waals surface area contributed by atoms with Gasteiger partial charge in [-0.05, 0) is 66.1 Å². The third-order valence-corrected chi connectivity index (χ3v) is 6.44. The number of nitrogens with zero attached hydrogens (tertiary/aromatic N) is 1. The van der Waals surface area contributed by atoms with Crippen molar-refractivity contribution >= 4 is 23.5 Å². The Balaban J connectivity index is 1.54. The summed E-state index contributed by atoms with van der Waals surface area (Å²) in [7, 11) is 0. The molecule has 3 aromatic rings. The van der Waals surface area contributed by atoms with Gasteiger partial charge in [-0.3, -0.25) is 9.59 Å². The van der Waals surface area contributed by atoms with Gasteiger partial charge in [-0.25, -0.2) is 0 Å². The molecule has 0 aliphatic carbocycles. The highest BCUT2D eigenvalue weighted by Gasteiger charge is 2.36. The number of hydrogen-bond acceptors (Lipinski definition) is 3. The van der Waals surface area contributed by atoms with E-state index in [1.165, 1.54) is 17.0 Å². The fourth-order valence-electron chi connectivity index (χ4n) is 4.56. The SMILES string of the molecule is C[C@]1(Cc2cccc(Cl)c2)Cc2cc(C(=O)N(CCC(=O)O)Cc3cccc(C(F)(F)F)c3)ccc2O1. The summed E-state index contributed by atoms with van der Waals surface area (Å²) in [5.74, 6) is -0.929. The highest BCUT2D eigenvalue weighted by molar-refractivity contribution is 6.30. The Labute approximate surface area is 217 Å². The molecule has 1 heterocycles. The van der Waals surface area contributed by atoms with Crippen molar-refractivity contribution in [2.24, 2.45) is 0 Å². The van der Waals surface area contributed by atoms with Gasteiger partial charge in [0.2, 0.25) is 0 Å². The molecule has 1 amide bonds. The maximum Gasteiger partial charge on any atom is 0.416 e. The van der Waals surface area contributed by atoms with Gasteiger partial charge in [0.25, 0.3) is 5.91 Å². The van der Waals surface area contributed by atoms with Gasteiger partial charge in [-0.2, -0.15) is 13.2 Å². The predicted octanol–water partition coefficient (Wildman–Crippen LogP) is 6.41. The van der Waals surface area contributed by atoms with Crippen molar-refractivity contribution in [3.05, 3.63) is 99.6 Å². The second-order valence-electron chi connectivity index (χ2n) is 9.43. The summed E-state index contributed by atoms with van der Waals surface area (Å²) in [6.45, 7) is 1.67. The van der Waals surface area contributed by atoms with Crippen molar-refractivity contribution in [3.63, 3.8) is 0 Å². The first-order chi connectivity index (χ1) is 17.4. The average molecular weight is 532 g/mol. The molecule has 3 aromatic carbocycles. The van der Waals surface area contributed by atoms with Gasteiger partial charge in [-0.15, -0.1) is 0 Å². The van der Waals surface area contributed by atoms with Crippen LogP contribution in [0.5, 0.6) is 5.75 Å². The van der Waals surface area contributed by atoms with E-state index in [0.29, 0.717) is 29.2 Å². The van der Waals surface area contributed by atoms with Gasteiger partial charge in [0, 0.05) is 36.5 Å². The third-order valence-electron chi connectivity index (χ3n) is 6.21. The molecule has 0 saturated heterocycles. The highest BCUT2D eigenvalue weighted by Crippen LogP contribution is 2.38. The Hall–Kier alpha value is -3.52. The number of carbonyl (C=O) groups excluding carboxylic acids is 1. The maximum absolute atomic E-state index is 13.4. The zero-order valence-electron chi connectivity index (χ0n) is 20.0. The molecule has 194 valence electrons. The van der Waals surface area contributed by atoms with E-state index >= 15 is 0 Å². The summed E-state index contributed by atoms with van der Waals surface area (Å²) in [4.78, 5) is 25.8. The molecule has 0 saturated carbocycles. The Morgan fingerprint density at radius 1 is 1.05 bits per heavy atom. The number of benzene rings is 3. The van der Waals surface area contributed by atoms with Crippen LogP contribution in [0.3, 0.4) is 0 Å². The molecule has 0 fully saturated rings. The van der Waals surface area contributed by atoms with Crippen molar-refractivity contribution < 1.29 is 32.6 Å². The number of hydrogen-bond donors (Lipinski definition) is 1. The van der Waals surface area contributed by atoms with Gasteiger partial charge < -0.3 is 14.7 Å². The number of alkyl halides is 3. The quantitative estimate of drug-likeness (QED) is 0.364. The predicted molar refractivity (Wildman–Crippen MR) is 133 cm³/mol. The number of amides is 1. The van der Waals surface area contributed by atoms with E-state index in [4.69, 9.17) is 21.4 Å². The van der Waals surface area contributed by atoms with E-state index in [2.05, 4.69) is 0 Å². The van der Waals surface area contributed by atoms with Crippen LogP contribution in [0.15, 0.2) is 66.7 Å². The number of rotatable bonds is 8. The first kappa shape index (κ1) is 26.5. The van der Waals surface area contributed by atoms with E-state index in [9.17, 15) is 22.8 Å². The second kappa shape index (κ2) is 10.5. The summed E-state index contributed by atoms with van der Waals surface area (Å²) in [6, 6.07) is 17.2. The fourth-order valence-corrected chi connectivity index (χ4v) is 4.78. The zero-order chi connectivity index (χ0) is 26.8. The van der Waals surface area contributed by atoms with Crippen molar-refractivity contribution in [2.75, 3.05) is 6.54 Å². The van der Waals surface area contributed by atoms with E-state index in [1.54, 1.807) is 24.3 Å². The monoisotopic (exact) mass is 531 g/mol. The molecular formula is C28H25ClF3NO4. The minimum Gasteiger partial charge on any atom is -0.487 e. The first-order valence-corrected chi connectivity index (χ1v) is 12.0. The molecule has 1 atom stereocenters. The van der Waals surface area contributed by atoms with Crippen molar-refractivity contribution in [1.29, 1.82) is 0 Å². The van der Waals surface area contributed by atoms with E-state index in [1.807, 2.05) is 25.1 Å². The lowest BCUT2D eigenvalue weighted by atomic mass is 9.91. The van der Waals surface area contributed by atoms with Gasteiger partial charge in [-0.1, -0.05) is 35.9 Å². The lowest BCUT2D eigenvalue weighted by molar-refractivity contribution is -0.138. The minimum absolute atomic E-state index is 0.148. The Morgan fingerprint density at radius 2 is 1.78 bits per heavy atom. The number of halogens is 4. The maximum atomic E-state index is 13.4. The van der Waals surface area contributed by atoms with E-state index in [0.717, 1.165) is 23.3 Å². The van der Waals surface area contributed by atoms with Crippen LogP contribution in [0.25, 0.3) is 0 Å². The third kappa shape index (κ3) is 6.63. The van der Waals surface area contributed by atoms with Crippen LogP contribution in [-0.4, -0.2) is 34.0 Å². The molecule has 1 N–H and O–H groups in total. The molecule has 0 radical (unpaired) electrons. The van der Waals surface area contributed by atoms with Crippen LogP contribution < -0.4 is 4.74 Å². The molecular weight excluding hydrogens is 507 g/mol. The van der Waals surface area contributed by atoms with Crippen LogP contribution in [0.2, 0.25) is 5.02 Å². The number of aliphatic carboxylic acids is 1. The Kier molecular flexibility index (Phi) is 7.50. The number of carboxylic acids is 1. The summed E-state index contributed by atoms with van der Waals surface area (Å²) >= 11 is 6.11. The van der Waals surface area contributed by atoms with Crippen molar-refractivity contribution in [3.8, 4) is 5.75 Å². The highest BCUT2D eigenvalue weighted by atomic mass is 35.5. The molecule has 1 aliphatic heterocycles. The fraction of sp³-hybridized carbons (Fsp3) is 0.286. The molecule has 9 heteroatoms. The van der Waals surface area contributed by atoms with Gasteiger partial charge in [0.1, 0.15) is 11.4 Å². The Bertz CT molecular complexity index is 1330. The summed E-state index contributed by atoms with van der Waals surface area (Å²) in [5, 5.41) is 9.77. The number of ether oxygens (including phenoxy) is 1. The first-order valence-electron chi connectivity index (χ1n) is 11.7. The van der Waals surface area contributed by atoms with E-state index in [-0.39, 0.29) is 25.1 Å². The van der Waals surface area contributed by atoms with Gasteiger partial charge >= 0.3 is 12.1 Å². The molecule has 1 aliphatic rings. The lowest BCUT2D eigenvalue weighted by Crippen LogP contribution is -2.33. The normalized spacial score (nSPS) is 16.7.